The first-order valence-corrected chi connectivity index (χ1v) is 18.6. The summed E-state index contributed by atoms with van der Waals surface area (Å²) in [5, 5.41) is 1.77. The Labute approximate surface area is 174 Å². The van der Waals surface area contributed by atoms with Crippen LogP contribution in [0.25, 0.3) is 0 Å². The highest BCUT2D eigenvalue weighted by Crippen LogP contribution is 2.49. The smallest absolute Gasteiger partial charge is 0.140 e. The Bertz CT molecular complexity index is 366. The van der Waals surface area contributed by atoms with Crippen LogP contribution in [0.4, 0.5) is 0 Å². The van der Waals surface area contributed by atoms with Gasteiger partial charge >= 0.3 is 0 Å². The van der Waals surface area contributed by atoms with E-state index in [1.54, 1.807) is 0 Å². The summed E-state index contributed by atoms with van der Waals surface area (Å²) in [6, 6.07) is 0. The fourth-order valence-electron chi connectivity index (χ4n) is 2.31. The summed E-state index contributed by atoms with van der Waals surface area (Å²) in [6.45, 7) is 6.72. The van der Waals surface area contributed by atoms with Crippen LogP contribution in [-0.4, -0.2) is 27.4 Å². The molecular weight excluding hydrogens is 465 g/mol. The number of allylic oxidation sites excluding steroid dienone is 2. The average molecular weight is 491 g/mol. The molecule has 0 N–H and O–H groups in total. The lowest BCUT2D eigenvalue weighted by Crippen LogP contribution is -2.49. The quantitative estimate of drug-likeness (QED) is 0.154. The zero-order valence-corrected chi connectivity index (χ0v) is 21.7. The average Bonchev–Trinajstić information content (AvgIpc) is 2.46. The van der Waals surface area contributed by atoms with Gasteiger partial charge < -0.3 is 0 Å². The number of unbranched alkanes of at least 4 members (excludes halogenated alkanes) is 2. The molecule has 0 amide bonds. The minimum Gasteiger partial charge on any atom is -0.140 e. The zero-order chi connectivity index (χ0) is 18.3. The first-order valence-electron chi connectivity index (χ1n) is 7.91. The van der Waals surface area contributed by atoms with Crippen LogP contribution >= 0.6 is 67.5 Å². The largest absolute Gasteiger partial charge is 0.276 e. The number of hydrogen-bond donors (Lipinski definition) is 0. The summed E-state index contributed by atoms with van der Waals surface area (Å²) in [5.74, 6) is 0. The Morgan fingerprint density at radius 1 is 0.870 bits per heavy atom. The molecule has 0 aliphatic carbocycles. The summed E-state index contributed by atoms with van der Waals surface area (Å²) in [4.78, 5) is -0.185. The third-order valence-corrected chi connectivity index (χ3v) is 29.3. The molecule has 0 aliphatic heterocycles. The van der Waals surface area contributed by atoms with Crippen molar-refractivity contribution in [1.82, 2.24) is 0 Å². The molecule has 0 radical (unpaired) electrons. The van der Waals surface area contributed by atoms with Gasteiger partial charge in [0.25, 0.3) is 13.4 Å². The number of alkyl halides is 2. The first-order chi connectivity index (χ1) is 10.5. The monoisotopic (exact) mass is 488 g/mol. The normalized spacial score (nSPS) is 13.5. The van der Waals surface area contributed by atoms with E-state index in [4.69, 9.17) is 67.5 Å². The Hall–Kier alpha value is 1.87. The van der Waals surface area contributed by atoms with Crippen LogP contribution in [0.1, 0.15) is 52.4 Å². The lowest BCUT2D eigenvalue weighted by molar-refractivity contribution is 0.804. The molecule has 0 rings (SSSR count). The van der Waals surface area contributed by atoms with Gasteiger partial charge in [0.15, 0.2) is 0 Å². The van der Waals surface area contributed by atoms with Crippen LogP contribution < -0.4 is 0 Å². The highest BCUT2D eigenvalue weighted by atomic mass is 35.7. The third kappa shape index (κ3) is 7.96. The van der Waals surface area contributed by atoms with Crippen molar-refractivity contribution in [3.63, 3.8) is 0 Å². The van der Waals surface area contributed by atoms with Crippen LogP contribution in [0, 0.1) is 0 Å². The van der Waals surface area contributed by atoms with Crippen molar-refractivity contribution in [1.29, 1.82) is 0 Å². The molecule has 136 valence electrons. The van der Waals surface area contributed by atoms with E-state index in [0.717, 1.165) is 48.9 Å². The Kier molecular flexibility index (Phi) is 12.5. The van der Waals surface area contributed by atoms with Crippen LogP contribution in [0.15, 0.2) is 23.6 Å². The van der Waals surface area contributed by atoms with Gasteiger partial charge in [-0.25, -0.2) is 0 Å². The van der Waals surface area contributed by atoms with Gasteiger partial charge in [-0.2, -0.15) is 0 Å². The molecule has 0 saturated carbocycles. The summed E-state index contributed by atoms with van der Waals surface area (Å²) >= 11 is 39.5. The van der Waals surface area contributed by atoms with E-state index < -0.39 is 27.4 Å². The van der Waals surface area contributed by atoms with Gasteiger partial charge in [0.2, 0.25) is 0 Å². The second kappa shape index (κ2) is 11.6. The molecule has 0 saturated heterocycles. The topological polar surface area (TPSA) is 0 Å². The van der Waals surface area contributed by atoms with E-state index in [1.165, 1.54) is 0 Å². The molecule has 0 aromatic heterocycles. The number of halogens is 6. The Morgan fingerprint density at radius 2 is 1.22 bits per heavy atom. The van der Waals surface area contributed by atoms with Gasteiger partial charge in [-0.3, -0.25) is 0 Å². The summed E-state index contributed by atoms with van der Waals surface area (Å²) in [6.07, 6.45) is 5.72. The van der Waals surface area contributed by atoms with Crippen molar-refractivity contribution >= 4 is 90.4 Å². The highest BCUT2D eigenvalue weighted by Gasteiger charge is 2.55. The molecule has 0 unspecified atom stereocenters. The van der Waals surface area contributed by atoms with Crippen molar-refractivity contribution in [3.8, 4) is 0 Å². The standard InChI is InChI=1S/C14H26Cl6Si3/c1-5-7-9-11(3)22(17,18)14(21-13(15)16)23(19,20)12(4)10-8-6-2/h13-14H,3-10,21H2,1-2H3. The van der Waals surface area contributed by atoms with Crippen LogP contribution in [0.2, 0.25) is 4.79 Å². The van der Waals surface area contributed by atoms with Crippen LogP contribution in [0.3, 0.4) is 0 Å². The summed E-state index contributed by atoms with van der Waals surface area (Å²) in [5.41, 5.74) is 0. The summed E-state index contributed by atoms with van der Waals surface area (Å²) in [7, 11) is -1.08. The Balaban J connectivity index is 5.47. The van der Waals surface area contributed by atoms with Crippen molar-refractivity contribution in [2.75, 3.05) is 0 Å². The van der Waals surface area contributed by atoms with E-state index in [2.05, 4.69) is 27.0 Å². The fraction of sp³-hybridized carbons (Fsp3) is 0.714. The third-order valence-electron chi connectivity index (χ3n) is 3.90. The highest BCUT2D eigenvalue weighted by molar-refractivity contribution is 7.62. The maximum Gasteiger partial charge on any atom is 0.276 e. The lowest BCUT2D eigenvalue weighted by Gasteiger charge is -2.37. The van der Waals surface area contributed by atoms with Gasteiger partial charge in [-0.1, -0.05) is 49.9 Å². The molecule has 0 aromatic carbocycles. The molecule has 0 spiro atoms. The lowest BCUT2D eigenvalue weighted by atomic mass is 10.2. The summed E-state index contributed by atoms with van der Waals surface area (Å²) < 4.78 is -0.480. The molecule has 0 nitrogen and oxygen atoms in total. The maximum atomic E-state index is 6.84. The molecule has 0 bridgehead atoms. The fourth-order valence-corrected chi connectivity index (χ4v) is 28.3. The first kappa shape index (κ1) is 24.9. The van der Waals surface area contributed by atoms with E-state index in [-0.39, 0.29) is 4.79 Å². The predicted molar refractivity (Wildman–Crippen MR) is 120 cm³/mol. The SMILES string of the molecule is C=C(CCCC)[Si](Cl)(Cl)C([SiH2]C(Cl)Cl)[Si](Cl)(Cl)C(=C)CCCC. The molecule has 0 heterocycles. The van der Waals surface area contributed by atoms with Gasteiger partial charge in [0, 0.05) is 4.79 Å². The minimum atomic E-state index is -2.89. The predicted octanol–water partition coefficient (Wildman–Crippen LogP) is 7.19. The van der Waals surface area contributed by atoms with E-state index in [1.807, 2.05) is 0 Å². The second-order valence-corrected chi connectivity index (χ2v) is 26.1. The van der Waals surface area contributed by atoms with Crippen molar-refractivity contribution in [3.05, 3.63) is 23.6 Å². The minimum absolute atomic E-state index is 0.185. The molecular formula is C14H26Cl6Si3. The molecule has 9 heteroatoms. The second-order valence-electron chi connectivity index (χ2n) is 5.84. The van der Waals surface area contributed by atoms with Gasteiger partial charge in [0.1, 0.15) is 0 Å². The maximum absolute atomic E-state index is 6.84. The van der Waals surface area contributed by atoms with Crippen molar-refractivity contribution < 1.29 is 0 Å². The van der Waals surface area contributed by atoms with Crippen LogP contribution in [0.5, 0.6) is 0 Å². The molecule has 0 aromatic rings. The van der Waals surface area contributed by atoms with Crippen molar-refractivity contribution in [2.45, 2.75) is 61.6 Å². The van der Waals surface area contributed by atoms with Gasteiger partial charge in [0.05, 0.1) is 14.0 Å². The van der Waals surface area contributed by atoms with Gasteiger partial charge in [-0.15, -0.1) is 80.7 Å². The zero-order valence-electron chi connectivity index (χ0n) is 13.8. The Morgan fingerprint density at radius 3 is 1.48 bits per heavy atom. The van der Waals surface area contributed by atoms with E-state index in [9.17, 15) is 0 Å². The molecule has 0 aliphatic rings. The van der Waals surface area contributed by atoms with Crippen molar-refractivity contribution in [2.24, 2.45) is 0 Å². The van der Waals surface area contributed by atoms with E-state index >= 15 is 0 Å². The number of rotatable bonds is 12. The number of hydrogen-bond acceptors (Lipinski definition) is 0. The molecule has 0 fully saturated rings. The molecule has 23 heavy (non-hydrogen) atoms. The van der Waals surface area contributed by atoms with Gasteiger partial charge in [-0.05, 0) is 12.8 Å². The van der Waals surface area contributed by atoms with E-state index in [0.29, 0.717) is 0 Å². The molecule has 0 atom stereocenters. The van der Waals surface area contributed by atoms with Crippen LogP contribution in [-0.2, 0) is 0 Å².